The van der Waals surface area contributed by atoms with Crippen molar-refractivity contribution in [1.82, 2.24) is 0 Å². The normalized spacial score (nSPS) is 33.6. The van der Waals surface area contributed by atoms with Crippen molar-refractivity contribution in [3.05, 3.63) is 35.9 Å². The minimum absolute atomic E-state index is 0.0357. The van der Waals surface area contributed by atoms with Crippen molar-refractivity contribution in [1.29, 1.82) is 0 Å². The molecule has 0 saturated carbocycles. The summed E-state index contributed by atoms with van der Waals surface area (Å²) >= 11 is 0. The van der Waals surface area contributed by atoms with Crippen LogP contribution in [0, 0.1) is 5.92 Å². The first kappa shape index (κ1) is 16.5. The van der Waals surface area contributed by atoms with Gasteiger partial charge in [0.1, 0.15) is 0 Å². The lowest BCUT2D eigenvalue weighted by Gasteiger charge is -2.32. The molecule has 2 fully saturated rings. The topological polar surface area (TPSA) is 44.8 Å². The lowest BCUT2D eigenvalue weighted by molar-refractivity contribution is -0.158. The van der Waals surface area contributed by atoms with Gasteiger partial charge in [0.25, 0.3) is 0 Å². The quantitative estimate of drug-likeness (QED) is 0.753. The van der Waals surface area contributed by atoms with Crippen LogP contribution in [0.2, 0.25) is 0 Å². The van der Waals surface area contributed by atoms with Crippen LogP contribution in [-0.4, -0.2) is 30.4 Å². The molecule has 0 aromatic heterocycles. The number of esters is 1. The summed E-state index contributed by atoms with van der Waals surface area (Å²) in [5.74, 6) is -0.452. The Morgan fingerprint density at radius 3 is 2.74 bits per heavy atom. The Bertz CT molecular complexity index is 558. The predicted molar refractivity (Wildman–Crippen MR) is 86.9 cm³/mol. The third kappa shape index (κ3) is 2.79. The molecule has 126 valence electrons. The Morgan fingerprint density at radius 2 is 2.09 bits per heavy atom. The fourth-order valence-electron chi connectivity index (χ4n) is 4.13. The van der Waals surface area contributed by atoms with Crippen molar-refractivity contribution in [2.24, 2.45) is 5.92 Å². The zero-order valence-corrected chi connectivity index (χ0v) is 14.2. The predicted octanol–water partition coefficient (Wildman–Crippen LogP) is 3.48. The molecule has 2 heterocycles. The first-order valence-electron chi connectivity index (χ1n) is 8.49. The van der Waals surface area contributed by atoms with Crippen LogP contribution < -0.4 is 0 Å². The van der Waals surface area contributed by atoms with Gasteiger partial charge >= 0.3 is 5.97 Å². The van der Waals surface area contributed by atoms with Crippen LogP contribution in [0.25, 0.3) is 0 Å². The van der Waals surface area contributed by atoms with Crippen molar-refractivity contribution >= 4 is 5.97 Å². The molecule has 1 aromatic carbocycles. The van der Waals surface area contributed by atoms with Gasteiger partial charge in [0.05, 0.1) is 36.9 Å². The Morgan fingerprint density at radius 1 is 1.35 bits per heavy atom. The molecular weight excluding hydrogens is 292 g/mol. The van der Waals surface area contributed by atoms with Crippen LogP contribution in [-0.2, 0) is 25.6 Å². The summed E-state index contributed by atoms with van der Waals surface area (Å²) in [4.78, 5) is 12.0. The highest BCUT2D eigenvalue weighted by atomic mass is 16.6. The van der Waals surface area contributed by atoms with Crippen molar-refractivity contribution in [2.45, 2.75) is 63.4 Å². The van der Waals surface area contributed by atoms with E-state index in [2.05, 4.69) is 19.1 Å². The monoisotopic (exact) mass is 318 g/mol. The van der Waals surface area contributed by atoms with Crippen LogP contribution in [0.15, 0.2) is 30.3 Å². The van der Waals surface area contributed by atoms with Crippen LogP contribution in [0.5, 0.6) is 0 Å². The maximum Gasteiger partial charge on any atom is 0.311 e. The number of carbonyl (C=O) groups excluding carboxylic acids is 1. The molecule has 0 N–H and O–H groups in total. The fourth-order valence-corrected chi connectivity index (χ4v) is 4.13. The Kier molecular flexibility index (Phi) is 4.47. The molecule has 2 bridgehead atoms. The van der Waals surface area contributed by atoms with Crippen molar-refractivity contribution in [3.8, 4) is 0 Å². The number of rotatable bonds is 6. The fraction of sp³-hybridized carbons (Fsp3) is 0.632. The second kappa shape index (κ2) is 6.25. The zero-order chi connectivity index (χ0) is 16.5. The summed E-state index contributed by atoms with van der Waals surface area (Å²) in [7, 11) is 1.44. The van der Waals surface area contributed by atoms with Gasteiger partial charge in [-0.05, 0) is 31.7 Å². The van der Waals surface area contributed by atoms with Crippen molar-refractivity contribution < 1.29 is 19.0 Å². The highest BCUT2D eigenvalue weighted by Crippen LogP contribution is 2.56. The minimum atomic E-state index is -0.426. The molecular formula is C19H26O4. The number of fused-ring (bicyclic) bond motifs is 2. The Labute approximate surface area is 138 Å². The van der Waals surface area contributed by atoms with E-state index in [9.17, 15) is 4.79 Å². The number of ether oxygens (including phenoxy) is 3. The van der Waals surface area contributed by atoms with E-state index in [0.29, 0.717) is 6.61 Å². The zero-order valence-electron chi connectivity index (χ0n) is 14.2. The molecule has 0 radical (unpaired) electrons. The Hall–Kier alpha value is -1.39. The molecule has 2 saturated heterocycles. The summed E-state index contributed by atoms with van der Waals surface area (Å²) in [6, 6.07) is 10.2. The van der Waals surface area contributed by atoms with E-state index in [4.69, 9.17) is 14.2 Å². The number of benzene rings is 1. The maximum atomic E-state index is 12.0. The third-order valence-corrected chi connectivity index (χ3v) is 5.73. The van der Waals surface area contributed by atoms with Crippen molar-refractivity contribution in [2.75, 3.05) is 7.11 Å². The number of hydrogen-bond acceptors (Lipinski definition) is 4. The molecule has 4 heteroatoms. The standard InChI is InChI=1S/C19H26O4/c1-4-18-10-11-19(23-18,14(2)17(20)21-3)12-16(18)22-13-15-8-6-5-7-9-15/h5-9,14,16H,4,10-13H2,1-3H3. The maximum absolute atomic E-state index is 12.0. The molecule has 2 aliphatic rings. The van der Waals surface area contributed by atoms with E-state index in [1.54, 1.807) is 0 Å². The largest absolute Gasteiger partial charge is 0.469 e. The van der Waals surface area contributed by atoms with Gasteiger partial charge in [-0.1, -0.05) is 37.3 Å². The van der Waals surface area contributed by atoms with Crippen LogP contribution in [0.3, 0.4) is 0 Å². The van der Waals surface area contributed by atoms with E-state index in [-0.39, 0.29) is 23.6 Å². The molecule has 1 aromatic rings. The minimum Gasteiger partial charge on any atom is -0.469 e. The average molecular weight is 318 g/mol. The number of hydrogen-bond donors (Lipinski definition) is 0. The summed E-state index contributed by atoms with van der Waals surface area (Å²) in [6.45, 7) is 4.64. The molecule has 4 nitrogen and oxygen atoms in total. The summed E-state index contributed by atoms with van der Waals surface area (Å²) < 4.78 is 17.6. The van der Waals surface area contributed by atoms with Gasteiger partial charge in [0, 0.05) is 6.42 Å². The van der Waals surface area contributed by atoms with Gasteiger partial charge < -0.3 is 14.2 Å². The van der Waals surface area contributed by atoms with Crippen LogP contribution >= 0.6 is 0 Å². The first-order chi connectivity index (χ1) is 11.1. The lowest BCUT2D eigenvalue weighted by Crippen LogP contribution is -2.42. The molecule has 0 spiro atoms. The smallest absolute Gasteiger partial charge is 0.311 e. The van der Waals surface area contributed by atoms with Crippen molar-refractivity contribution in [3.63, 3.8) is 0 Å². The molecule has 0 amide bonds. The lowest BCUT2D eigenvalue weighted by atomic mass is 9.73. The van der Waals surface area contributed by atoms with Crippen LogP contribution in [0.4, 0.5) is 0 Å². The Balaban J connectivity index is 1.73. The van der Waals surface area contributed by atoms with E-state index in [1.165, 1.54) is 7.11 Å². The molecule has 0 aliphatic carbocycles. The highest BCUT2D eigenvalue weighted by molar-refractivity contribution is 5.73. The average Bonchev–Trinajstić information content (AvgIpc) is 3.14. The van der Waals surface area contributed by atoms with E-state index in [1.807, 2.05) is 25.1 Å². The highest BCUT2D eigenvalue weighted by Gasteiger charge is 2.64. The van der Waals surface area contributed by atoms with E-state index >= 15 is 0 Å². The van der Waals surface area contributed by atoms with Gasteiger partial charge in [-0.15, -0.1) is 0 Å². The summed E-state index contributed by atoms with van der Waals surface area (Å²) in [5, 5.41) is 0. The third-order valence-electron chi connectivity index (χ3n) is 5.73. The van der Waals surface area contributed by atoms with Gasteiger partial charge in [-0.2, -0.15) is 0 Å². The molecule has 4 unspecified atom stereocenters. The van der Waals surface area contributed by atoms with E-state index in [0.717, 1.165) is 31.2 Å². The molecule has 3 rings (SSSR count). The molecule has 4 atom stereocenters. The first-order valence-corrected chi connectivity index (χ1v) is 8.49. The number of carbonyl (C=O) groups is 1. The van der Waals surface area contributed by atoms with E-state index < -0.39 is 5.60 Å². The van der Waals surface area contributed by atoms with Gasteiger partial charge in [-0.3, -0.25) is 4.79 Å². The molecule has 23 heavy (non-hydrogen) atoms. The van der Waals surface area contributed by atoms with Gasteiger partial charge in [0.2, 0.25) is 0 Å². The number of methoxy groups -OCH3 is 1. The van der Waals surface area contributed by atoms with Crippen LogP contribution in [0.1, 0.15) is 45.1 Å². The summed E-state index contributed by atoms with van der Waals surface area (Å²) in [5.41, 5.74) is 0.484. The molecule has 2 aliphatic heterocycles. The second-order valence-corrected chi connectivity index (χ2v) is 6.82. The SMILES string of the molecule is CCC12CCC(C(C)C(=O)OC)(CC1OCc1ccccc1)O2. The summed E-state index contributed by atoms with van der Waals surface area (Å²) in [6.07, 6.45) is 3.56. The second-order valence-electron chi connectivity index (χ2n) is 6.82. The van der Waals surface area contributed by atoms with Gasteiger partial charge in [-0.25, -0.2) is 0 Å². The van der Waals surface area contributed by atoms with Gasteiger partial charge in [0.15, 0.2) is 0 Å².